The molecule has 1 heterocycles. The van der Waals surface area contributed by atoms with Crippen LogP contribution in [0.5, 0.6) is 0 Å². The van der Waals surface area contributed by atoms with Crippen molar-refractivity contribution in [2.45, 2.75) is 36.7 Å². The molecule has 4 nitrogen and oxygen atoms in total. The van der Waals surface area contributed by atoms with Crippen LogP contribution in [0.15, 0.2) is 29.2 Å². The van der Waals surface area contributed by atoms with Crippen LogP contribution in [-0.4, -0.2) is 38.7 Å². The molecular weight excluding hydrogens is 260 g/mol. The van der Waals surface area contributed by atoms with Gasteiger partial charge in [0, 0.05) is 31.4 Å². The van der Waals surface area contributed by atoms with Crippen LogP contribution < -0.4 is 5.73 Å². The molecule has 1 aliphatic heterocycles. The Balaban J connectivity index is 2.09. The first kappa shape index (κ1) is 14.5. The fraction of sp³-hybridized carbons (Fsp3) is 0.571. The molecular formula is C14H22N2O2S. The molecule has 106 valence electrons. The van der Waals surface area contributed by atoms with Gasteiger partial charge in [-0.2, -0.15) is 0 Å². The fourth-order valence-corrected chi connectivity index (χ4v) is 3.14. The molecule has 0 bridgehead atoms. The highest BCUT2D eigenvalue weighted by Gasteiger charge is 2.21. The summed E-state index contributed by atoms with van der Waals surface area (Å²) < 4.78 is 22.9. The Kier molecular flexibility index (Phi) is 4.28. The van der Waals surface area contributed by atoms with Crippen molar-refractivity contribution in [2.75, 3.05) is 19.3 Å². The molecule has 19 heavy (non-hydrogen) atoms. The number of nitrogens with zero attached hydrogens (tertiary/aromatic N) is 1. The van der Waals surface area contributed by atoms with E-state index in [1.54, 1.807) is 12.1 Å². The minimum atomic E-state index is -3.11. The van der Waals surface area contributed by atoms with E-state index >= 15 is 0 Å². The predicted molar refractivity (Wildman–Crippen MR) is 76.7 cm³/mol. The first-order chi connectivity index (χ1) is 8.88. The van der Waals surface area contributed by atoms with Crippen molar-refractivity contribution in [1.29, 1.82) is 0 Å². The standard InChI is InChI=1S/C14H22N2O2S/c1-11(16-9-7-13(15)8-10-16)12-3-5-14(6-4-12)19(2,17)18/h3-6,11,13H,7-10,15H2,1-2H3/t11-/m0/s1. The highest BCUT2D eigenvalue weighted by atomic mass is 32.2. The largest absolute Gasteiger partial charge is 0.328 e. The van der Waals surface area contributed by atoms with Crippen molar-refractivity contribution in [3.05, 3.63) is 29.8 Å². The van der Waals surface area contributed by atoms with Gasteiger partial charge in [0.2, 0.25) is 0 Å². The van der Waals surface area contributed by atoms with E-state index in [0.29, 0.717) is 17.0 Å². The molecule has 0 aromatic heterocycles. The Bertz CT molecular complexity index is 517. The number of piperidine rings is 1. The van der Waals surface area contributed by atoms with Crippen LogP contribution in [0, 0.1) is 0 Å². The van der Waals surface area contributed by atoms with Gasteiger partial charge in [-0.3, -0.25) is 4.90 Å². The van der Waals surface area contributed by atoms with Crippen LogP contribution in [-0.2, 0) is 9.84 Å². The molecule has 5 heteroatoms. The van der Waals surface area contributed by atoms with Crippen LogP contribution in [0.2, 0.25) is 0 Å². The van der Waals surface area contributed by atoms with E-state index < -0.39 is 9.84 Å². The zero-order valence-corrected chi connectivity index (χ0v) is 12.4. The third-order valence-corrected chi connectivity index (χ3v) is 5.04. The third-order valence-electron chi connectivity index (χ3n) is 3.91. The monoisotopic (exact) mass is 282 g/mol. The van der Waals surface area contributed by atoms with Crippen molar-refractivity contribution >= 4 is 9.84 Å². The Morgan fingerprint density at radius 2 is 1.74 bits per heavy atom. The molecule has 0 saturated carbocycles. The van der Waals surface area contributed by atoms with E-state index in [2.05, 4.69) is 11.8 Å². The SMILES string of the molecule is C[C@@H](c1ccc(S(C)(=O)=O)cc1)N1CCC(N)CC1. The summed E-state index contributed by atoms with van der Waals surface area (Å²) >= 11 is 0. The van der Waals surface area contributed by atoms with Crippen molar-refractivity contribution in [3.63, 3.8) is 0 Å². The zero-order chi connectivity index (χ0) is 14.0. The van der Waals surface area contributed by atoms with E-state index in [1.165, 1.54) is 6.26 Å². The summed E-state index contributed by atoms with van der Waals surface area (Å²) in [4.78, 5) is 2.78. The highest BCUT2D eigenvalue weighted by Crippen LogP contribution is 2.24. The number of hydrogen-bond donors (Lipinski definition) is 1. The molecule has 1 aromatic rings. The molecule has 1 fully saturated rings. The Labute approximate surface area is 115 Å². The van der Waals surface area contributed by atoms with Crippen LogP contribution in [0.1, 0.15) is 31.4 Å². The molecule has 1 atom stereocenters. The fourth-order valence-electron chi connectivity index (χ4n) is 2.51. The van der Waals surface area contributed by atoms with Crippen LogP contribution in [0.25, 0.3) is 0 Å². The van der Waals surface area contributed by atoms with Crippen LogP contribution >= 0.6 is 0 Å². The maximum Gasteiger partial charge on any atom is 0.175 e. The van der Waals surface area contributed by atoms with E-state index in [0.717, 1.165) is 31.5 Å². The third kappa shape index (κ3) is 3.55. The first-order valence-corrected chi connectivity index (χ1v) is 8.56. The van der Waals surface area contributed by atoms with Gasteiger partial charge in [0.1, 0.15) is 0 Å². The van der Waals surface area contributed by atoms with E-state index in [1.807, 2.05) is 12.1 Å². The van der Waals surface area contributed by atoms with Gasteiger partial charge in [0.25, 0.3) is 0 Å². The van der Waals surface area contributed by atoms with Gasteiger partial charge >= 0.3 is 0 Å². The Morgan fingerprint density at radius 3 is 2.21 bits per heavy atom. The Morgan fingerprint density at radius 1 is 1.21 bits per heavy atom. The van der Waals surface area contributed by atoms with Gasteiger partial charge in [-0.1, -0.05) is 12.1 Å². The molecule has 0 amide bonds. The number of hydrogen-bond acceptors (Lipinski definition) is 4. The quantitative estimate of drug-likeness (QED) is 0.914. The second-order valence-corrected chi connectivity index (χ2v) is 7.41. The zero-order valence-electron chi connectivity index (χ0n) is 11.5. The minimum Gasteiger partial charge on any atom is -0.328 e. The average molecular weight is 282 g/mol. The molecule has 0 aliphatic carbocycles. The summed E-state index contributed by atoms with van der Waals surface area (Å²) in [5.74, 6) is 0. The number of likely N-dealkylation sites (tertiary alicyclic amines) is 1. The number of nitrogens with two attached hydrogens (primary N) is 1. The van der Waals surface area contributed by atoms with Crippen molar-refractivity contribution in [3.8, 4) is 0 Å². The van der Waals surface area contributed by atoms with Crippen molar-refractivity contribution in [2.24, 2.45) is 5.73 Å². The van der Waals surface area contributed by atoms with Crippen molar-refractivity contribution in [1.82, 2.24) is 4.90 Å². The van der Waals surface area contributed by atoms with Gasteiger partial charge in [0.15, 0.2) is 9.84 Å². The van der Waals surface area contributed by atoms with Gasteiger partial charge in [-0.25, -0.2) is 8.42 Å². The lowest BCUT2D eigenvalue weighted by molar-refractivity contribution is 0.163. The first-order valence-electron chi connectivity index (χ1n) is 6.67. The van der Waals surface area contributed by atoms with E-state index in [-0.39, 0.29) is 0 Å². The van der Waals surface area contributed by atoms with E-state index in [4.69, 9.17) is 5.73 Å². The lowest BCUT2D eigenvalue weighted by atomic mass is 10.0. The normalized spacial score (nSPS) is 20.4. The summed E-state index contributed by atoms with van der Waals surface area (Å²) in [5, 5.41) is 0. The molecule has 1 saturated heterocycles. The lowest BCUT2D eigenvalue weighted by Gasteiger charge is -2.35. The van der Waals surface area contributed by atoms with Gasteiger partial charge in [0.05, 0.1) is 4.90 Å². The number of rotatable bonds is 3. The maximum absolute atomic E-state index is 11.4. The average Bonchev–Trinajstić information content (AvgIpc) is 2.38. The number of sulfone groups is 1. The number of benzene rings is 1. The molecule has 2 N–H and O–H groups in total. The maximum atomic E-state index is 11.4. The van der Waals surface area contributed by atoms with Gasteiger partial charge < -0.3 is 5.73 Å². The molecule has 0 spiro atoms. The summed E-state index contributed by atoms with van der Waals surface area (Å²) in [6, 6.07) is 7.84. The predicted octanol–water partition coefficient (Wildman–Crippen LogP) is 1.57. The molecule has 1 aromatic carbocycles. The van der Waals surface area contributed by atoms with Crippen molar-refractivity contribution < 1.29 is 8.42 Å². The summed E-state index contributed by atoms with van der Waals surface area (Å²) in [6.07, 6.45) is 3.30. The molecule has 2 rings (SSSR count). The second-order valence-electron chi connectivity index (χ2n) is 5.39. The highest BCUT2D eigenvalue weighted by molar-refractivity contribution is 7.90. The van der Waals surface area contributed by atoms with E-state index in [9.17, 15) is 8.42 Å². The Hall–Kier alpha value is -0.910. The smallest absolute Gasteiger partial charge is 0.175 e. The summed E-state index contributed by atoms with van der Waals surface area (Å²) in [5.41, 5.74) is 7.07. The summed E-state index contributed by atoms with van der Waals surface area (Å²) in [6.45, 7) is 4.18. The molecule has 0 unspecified atom stereocenters. The topological polar surface area (TPSA) is 63.4 Å². The van der Waals surface area contributed by atoms with Crippen LogP contribution in [0.3, 0.4) is 0 Å². The molecule has 1 aliphatic rings. The lowest BCUT2D eigenvalue weighted by Crippen LogP contribution is -2.40. The summed E-state index contributed by atoms with van der Waals surface area (Å²) in [7, 11) is -3.11. The van der Waals surface area contributed by atoms with Crippen LogP contribution in [0.4, 0.5) is 0 Å². The van der Waals surface area contributed by atoms with Gasteiger partial charge in [-0.05, 0) is 37.5 Å². The second kappa shape index (κ2) is 5.61. The molecule has 0 radical (unpaired) electrons. The minimum absolute atomic E-state index is 0.307. The van der Waals surface area contributed by atoms with Gasteiger partial charge in [-0.15, -0.1) is 0 Å².